The van der Waals surface area contributed by atoms with Gasteiger partial charge in [-0.3, -0.25) is 9.00 Å². The number of aryl methyl sites for hydroxylation is 1. The minimum Gasteiger partial charge on any atom is -0.293 e. The second-order valence-electron chi connectivity index (χ2n) is 4.23. The predicted octanol–water partition coefficient (Wildman–Crippen LogP) is 3.12. The smallest absolute Gasteiger partial charge is 0.175 e. The Kier molecular flexibility index (Phi) is 4.22. The van der Waals surface area contributed by atoms with Gasteiger partial charge in [-0.2, -0.15) is 0 Å². The summed E-state index contributed by atoms with van der Waals surface area (Å²) in [6.45, 7) is 1.94. The molecule has 2 nitrogen and oxygen atoms in total. The molecule has 0 radical (unpaired) electrons. The molecule has 0 bridgehead atoms. The Labute approximate surface area is 113 Å². The van der Waals surface area contributed by atoms with Crippen LogP contribution in [-0.4, -0.2) is 15.7 Å². The van der Waals surface area contributed by atoms with Crippen LogP contribution in [-0.2, 0) is 10.8 Å². The lowest BCUT2D eigenvalue weighted by Gasteiger charge is -2.03. The largest absolute Gasteiger partial charge is 0.293 e. The van der Waals surface area contributed by atoms with Gasteiger partial charge in [-0.15, -0.1) is 0 Å². The summed E-state index contributed by atoms with van der Waals surface area (Å²) in [6.07, 6.45) is 0. The van der Waals surface area contributed by atoms with Crippen LogP contribution in [0.3, 0.4) is 0 Å². The van der Waals surface area contributed by atoms with Gasteiger partial charge in [0.15, 0.2) is 5.78 Å². The highest BCUT2D eigenvalue weighted by molar-refractivity contribution is 7.85. The second-order valence-corrected chi connectivity index (χ2v) is 5.68. The highest BCUT2D eigenvalue weighted by atomic mass is 32.2. The van der Waals surface area contributed by atoms with E-state index in [0.29, 0.717) is 10.5 Å². The van der Waals surface area contributed by atoms with Gasteiger partial charge in [-0.25, -0.2) is 4.39 Å². The first-order valence-electron chi connectivity index (χ1n) is 5.80. The number of ketones is 1. The lowest BCUT2D eigenvalue weighted by molar-refractivity contribution is 0.102. The zero-order valence-electron chi connectivity index (χ0n) is 10.4. The van der Waals surface area contributed by atoms with Crippen LogP contribution >= 0.6 is 0 Å². The SMILES string of the molecule is Cc1ccc(C(=O)CS(=O)c2ccc(F)cc2)cc1. The molecule has 0 aliphatic carbocycles. The van der Waals surface area contributed by atoms with Crippen molar-refractivity contribution in [2.24, 2.45) is 0 Å². The molecule has 0 saturated heterocycles. The first-order chi connectivity index (χ1) is 9.06. The second kappa shape index (κ2) is 5.89. The Bertz CT molecular complexity index is 548. The van der Waals surface area contributed by atoms with Crippen molar-refractivity contribution in [1.29, 1.82) is 0 Å². The molecule has 98 valence electrons. The fraction of sp³-hybridized carbons (Fsp3) is 0.133. The van der Waals surface area contributed by atoms with Gasteiger partial charge in [-0.1, -0.05) is 29.8 Å². The van der Waals surface area contributed by atoms with Gasteiger partial charge in [0.05, 0.1) is 16.6 Å². The summed E-state index contributed by atoms with van der Waals surface area (Å²) in [5.41, 5.74) is 1.61. The lowest BCUT2D eigenvalue weighted by atomic mass is 10.1. The van der Waals surface area contributed by atoms with E-state index in [1.54, 1.807) is 12.1 Å². The first kappa shape index (κ1) is 13.6. The van der Waals surface area contributed by atoms with Crippen LogP contribution in [0.25, 0.3) is 0 Å². The Morgan fingerprint density at radius 3 is 2.21 bits per heavy atom. The van der Waals surface area contributed by atoms with Crippen LogP contribution in [0.5, 0.6) is 0 Å². The van der Waals surface area contributed by atoms with Crippen molar-refractivity contribution >= 4 is 16.6 Å². The van der Waals surface area contributed by atoms with E-state index in [9.17, 15) is 13.4 Å². The maximum absolute atomic E-state index is 12.7. The fourth-order valence-electron chi connectivity index (χ4n) is 1.61. The van der Waals surface area contributed by atoms with Gasteiger partial charge in [-0.05, 0) is 31.2 Å². The van der Waals surface area contributed by atoms with Crippen LogP contribution in [0.1, 0.15) is 15.9 Å². The number of rotatable bonds is 4. The number of halogens is 1. The van der Waals surface area contributed by atoms with Crippen molar-refractivity contribution in [2.75, 3.05) is 5.75 Å². The summed E-state index contributed by atoms with van der Waals surface area (Å²) in [6, 6.07) is 12.5. The highest BCUT2D eigenvalue weighted by Crippen LogP contribution is 2.11. The number of hydrogen-bond acceptors (Lipinski definition) is 2. The third kappa shape index (κ3) is 3.58. The average Bonchev–Trinajstić information content (AvgIpc) is 2.40. The molecule has 0 fully saturated rings. The number of benzene rings is 2. The van der Waals surface area contributed by atoms with Gasteiger partial charge in [0.2, 0.25) is 0 Å². The Morgan fingerprint density at radius 2 is 1.63 bits per heavy atom. The molecule has 19 heavy (non-hydrogen) atoms. The van der Waals surface area contributed by atoms with Crippen molar-refractivity contribution in [3.63, 3.8) is 0 Å². The van der Waals surface area contributed by atoms with Crippen molar-refractivity contribution in [3.8, 4) is 0 Å². The van der Waals surface area contributed by atoms with E-state index in [1.807, 2.05) is 19.1 Å². The maximum Gasteiger partial charge on any atom is 0.175 e. The molecule has 0 N–H and O–H groups in total. The van der Waals surface area contributed by atoms with E-state index < -0.39 is 10.8 Å². The van der Waals surface area contributed by atoms with Gasteiger partial charge in [0.1, 0.15) is 5.82 Å². The van der Waals surface area contributed by atoms with Gasteiger partial charge < -0.3 is 0 Å². The maximum atomic E-state index is 12.7. The fourth-order valence-corrected chi connectivity index (χ4v) is 2.62. The summed E-state index contributed by atoms with van der Waals surface area (Å²) >= 11 is 0. The van der Waals surface area contributed by atoms with E-state index >= 15 is 0 Å². The third-order valence-electron chi connectivity index (χ3n) is 2.71. The average molecular weight is 276 g/mol. The predicted molar refractivity (Wildman–Crippen MR) is 73.2 cm³/mol. The van der Waals surface area contributed by atoms with Crippen LogP contribution in [0.4, 0.5) is 4.39 Å². The zero-order chi connectivity index (χ0) is 13.8. The van der Waals surface area contributed by atoms with Crippen LogP contribution in [0.2, 0.25) is 0 Å². The number of carbonyl (C=O) groups is 1. The quantitative estimate of drug-likeness (QED) is 0.804. The molecule has 1 unspecified atom stereocenters. The third-order valence-corrected chi connectivity index (χ3v) is 4.03. The molecule has 0 aliphatic heterocycles. The van der Waals surface area contributed by atoms with Gasteiger partial charge >= 0.3 is 0 Å². The number of Topliss-reactive ketones (excluding diaryl/α,β-unsaturated/α-hetero) is 1. The molecule has 1 atom stereocenters. The molecular formula is C15H13FO2S. The molecule has 2 rings (SSSR count). The van der Waals surface area contributed by atoms with E-state index in [2.05, 4.69) is 0 Å². The summed E-state index contributed by atoms with van der Waals surface area (Å²) < 4.78 is 24.7. The molecule has 0 heterocycles. The van der Waals surface area contributed by atoms with Crippen molar-refractivity contribution in [3.05, 3.63) is 65.5 Å². The monoisotopic (exact) mass is 276 g/mol. The van der Waals surface area contributed by atoms with E-state index in [-0.39, 0.29) is 17.4 Å². The molecule has 2 aromatic rings. The van der Waals surface area contributed by atoms with Gasteiger partial charge in [0, 0.05) is 10.5 Å². The van der Waals surface area contributed by atoms with E-state index in [0.717, 1.165) is 5.56 Å². The lowest BCUT2D eigenvalue weighted by Crippen LogP contribution is -2.11. The van der Waals surface area contributed by atoms with Crippen molar-refractivity contribution in [1.82, 2.24) is 0 Å². The molecule has 4 heteroatoms. The van der Waals surface area contributed by atoms with Gasteiger partial charge in [0.25, 0.3) is 0 Å². The summed E-state index contributed by atoms with van der Waals surface area (Å²) in [7, 11) is -1.44. The number of carbonyl (C=O) groups excluding carboxylic acids is 1. The Balaban J connectivity index is 2.08. The summed E-state index contributed by atoms with van der Waals surface area (Å²) in [4.78, 5) is 12.4. The Hall–Kier alpha value is -1.81. The van der Waals surface area contributed by atoms with Crippen molar-refractivity contribution < 1.29 is 13.4 Å². The minimum atomic E-state index is -1.44. The van der Waals surface area contributed by atoms with E-state index in [1.165, 1.54) is 24.3 Å². The molecule has 0 saturated carbocycles. The highest BCUT2D eigenvalue weighted by Gasteiger charge is 2.12. The minimum absolute atomic E-state index is 0.0886. The molecule has 2 aromatic carbocycles. The van der Waals surface area contributed by atoms with E-state index in [4.69, 9.17) is 0 Å². The molecule has 0 spiro atoms. The summed E-state index contributed by atoms with van der Waals surface area (Å²) in [5, 5.41) is 0. The Morgan fingerprint density at radius 1 is 1.05 bits per heavy atom. The zero-order valence-corrected chi connectivity index (χ0v) is 11.2. The molecule has 0 aromatic heterocycles. The van der Waals surface area contributed by atoms with Crippen LogP contribution in [0, 0.1) is 12.7 Å². The molecule has 0 aliphatic rings. The van der Waals surface area contributed by atoms with Crippen LogP contribution < -0.4 is 0 Å². The normalized spacial score (nSPS) is 12.1. The number of hydrogen-bond donors (Lipinski definition) is 0. The molecular weight excluding hydrogens is 263 g/mol. The standard InChI is InChI=1S/C15H13FO2S/c1-11-2-4-12(5-3-11)15(17)10-19(18)14-8-6-13(16)7-9-14/h2-9H,10H2,1H3. The van der Waals surface area contributed by atoms with Crippen LogP contribution in [0.15, 0.2) is 53.4 Å². The molecule has 0 amide bonds. The summed E-state index contributed by atoms with van der Waals surface area (Å²) in [5.74, 6) is -0.650. The van der Waals surface area contributed by atoms with Crippen molar-refractivity contribution in [2.45, 2.75) is 11.8 Å². The first-order valence-corrected chi connectivity index (χ1v) is 7.12. The topological polar surface area (TPSA) is 34.1 Å².